The summed E-state index contributed by atoms with van der Waals surface area (Å²) in [6.07, 6.45) is 2.33. The highest BCUT2D eigenvalue weighted by Crippen LogP contribution is 2.37. The summed E-state index contributed by atoms with van der Waals surface area (Å²) in [7, 11) is 0. The molecule has 126 valence electrons. The van der Waals surface area contributed by atoms with Gasteiger partial charge in [0.2, 0.25) is 5.89 Å². The zero-order valence-electron chi connectivity index (χ0n) is 14.5. The zero-order valence-corrected chi connectivity index (χ0v) is 14.5. The highest BCUT2D eigenvalue weighted by molar-refractivity contribution is 5.85. The fourth-order valence-corrected chi connectivity index (χ4v) is 4.04. The van der Waals surface area contributed by atoms with Crippen LogP contribution in [0.4, 0.5) is 0 Å². The van der Waals surface area contributed by atoms with Gasteiger partial charge in [-0.15, -0.1) is 0 Å². The molecule has 2 aromatic heterocycles. The number of aromatic nitrogens is 3. The van der Waals surface area contributed by atoms with Crippen LogP contribution in [0.3, 0.4) is 0 Å². The number of rotatable bonds is 3. The van der Waals surface area contributed by atoms with Gasteiger partial charge in [-0.05, 0) is 64.3 Å². The van der Waals surface area contributed by atoms with E-state index in [-0.39, 0.29) is 6.04 Å². The molecular formula is C19H24N4O. The molecule has 1 aliphatic heterocycles. The number of piperidine rings is 1. The molecule has 3 heterocycles. The Morgan fingerprint density at radius 1 is 1.21 bits per heavy atom. The van der Waals surface area contributed by atoms with E-state index in [0.29, 0.717) is 11.7 Å². The van der Waals surface area contributed by atoms with E-state index in [4.69, 9.17) is 4.52 Å². The molecule has 0 bridgehead atoms. The Balaban J connectivity index is 1.50. The first-order chi connectivity index (χ1) is 11.6. The Labute approximate surface area is 142 Å². The van der Waals surface area contributed by atoms with Crippen LogP contribution in [-0.4, -0.2) is 33.1 Å². The quantitative estimate of drug-likeness (QED) is 0.788. The van der Waals surface area contributed by atoms with Crippen LogP contribution < -0.4 is 0 Å². The Morgan fingerprint density at radius 2 is 1.96 bits per heavy atom. The molecule has 1 fully saturated rings. The van der Waals surface area contributed by atoms with Crippen LogP contribution in [0.25, 0.3) is 10.9 Å². The van der Waals surface area contributed by atoms with E-state index in [0.717, 1.165) is 19.0 Å². The van der Waals surface area contributed by atoms with Crippen molar-refractivity contribution in [3.63, 3.8) is 0 Å². The zero-order chi connectivity index (χ0) is 16.7. The lowest BCUT2D eigenvalue weighted by molar-refractivity contribution is 0.136. The van der Waals surface area contributed by atoms with Crippen molar-refractivity contribution in [3.05, 3.63) is 47.2 Å². The first kappa shape index (κ1) is 15.4. The highest BCUT2D eigenvalue weighted by atomic mass is 16.5. The van der Waals surface area contributed by atoms with Gasteiger partial charge in [0.1, 0.15) is 0 Å². The molecule has 4 rings (SSSR count). The van der Waals surface area contributed by atoms with E-state index in [1.165, 1.54) is 35.0 Å². The van der Waals surface area contributed by atoms with E-state index in [2.05, 4.69) is 58.1 Å². The highest BCUT2D eigenvalue weighted by Gasteiger charge is 2.29. The minimum atomic E-state index is 0.191. The molecule has 24 heavy (non-hydrogen) atoms. The Bertz CT molecular complexity index is 842. The van der Waals surface area contributed by atoms with Crippen LogP contribution in [0.15, 0.2) is 28.8 Å². The summed E-state index contributed by atoms with van der Waals surface area (Å²) in [5, 5.41) is 5.30. The Kier molecular flexibility index (Phi) is 3.88. The molecule has 3 aromatic rings. The molecule has 1 saturated heterocycles. The Morgan fingerprint density at radius 3 is 2.67 bits per heavy atom. The summed E-state index contributed by atoms with van der Waals surface area (Å²) in [5.41, 5.74) is 4.07. The number of para-hydroxylation sites is 1. The average molecular weight is 324 g/mol. The van der Waals surface area contributed by atoms with E-state index in [9.17, 15) is 0 Å². The smallest absolute Gasteiger partial charge is 0.243 e. The fraction of sp³-hybridized carbons (Fsp3) is 0.474. The lowest BCUT2D eigenvalue weighted by Gasteiger charge is -2.34. The van der Waals surface area contributed by atoms with E-state index in [1.807, 2.05) is 6.92 Å². The molecule has 0 unspecified atom stereocenters. The van der Waals surface area contributed by atoms with Gasteiger partial charge in [-0.25, -0.2) is 0 Å². The summed E-state index contributed by atoms with van der Waals surface area (Å²) >= 11 is 0. The fourth-order valence-electron chi connectivity index (χ4n) is 4.04. The van der Waals surface area contributed by atoms with Gasteiger partial charge >= 0.3 is 0 Å². The van der Waals surface area contributed by atoms with Crippen molar-refractivity contribution in [3.8, 4) is 0 Å². The molecule has 5 heteroatoms. The van der Waals surface area contributed by atoms with Gasteiger partial charge in [-0.1, -0.05) is 23.4 Å². The van der Waals surface area contributed by atoms with Crippen molar-refractivity contribution in [2.75, 3.05) is 13.1 Å². The molecule has 0 aliphatic carbocycles. The standard InChI is InChI=1S/C19H24N4O/c1-12-18(16-6-4-5-7-17(16)20-12)15-8-10-23(11-9-15)13(2)19-21-14(3)22-24-19/h4-7,13,15,20H,8-11H2,1-3H3/t13-/m0/s1. The molecule has 1 N–H and O–H groups in total. The van der Waals surface area contributed by atoms with Crippen LogP contribution in [0.1, 0.15) is 54.7 Å². The van der Waals surface area contributed by atoms with Gasteiger partial charge in [-0.3, -0.25) is 4.90 Å². The summed E-state index contributed by atoms with van der Waals surface area (Å²) in [4.78, 5) is 10.4. The number of fused-ring (bicyclic) bond motifs is 1. The normalized spacial score (nSPS) is 18.3. The van der Waals surface area contributed by atoms with Gasteiger partial charge < -0.3 is 9.51 Å². The van der Waals surface area contributed by atoms with Crippen molar-refractivity contribution < 1.29 is 4.52 Å². The van der Waals surface area contributed by atoms with Crippen LogP contribution in [-0.2, 0) is 0 Å². The number of nitrogens with zero attached hydrogens (tertiary/aromatic N) is 3. The van der Waals surface area contributed by atoms with Crippen molar-refractivity contribution in [1.29, 1.82) is 0 Å². The summed E-state index contributed by atoms with van der Waals surface area (Å²) in [6.45, 7) is 8.35. The van der Waals surface area contributed by atoms with Gasteiger partial charge in [0.25, 0.3) is 0 Å². The number of hydrogen-bond acceptors (Lipinski definition) is 4. The van der Waals surface area contributed by atoms with Crippen molar-refractivity contribution in [2.45, 2.75) is 45.6 Å². The topological polar surface area (TPSA) is 58.0 Å². The van der Waals surface area contributed by atoms with Gasteiger partial charge in [-0.2, -0.15) is 4.98 Å². The Hall–Kier alpha value is -2.14. The van der Waals surface area contributed by atoms with Gasteiger partial charge in [0, 0.05) is 16.6 Å². The van der Waals surface area contributed by atoms with E-state index < -0.39 is 0 Å². The molecule has 0 radical (unpaired) electrons. The number of nitrogens with one attached hydrogen (secondary N) is 1. The molecule has 0 saturated carbocycles. The minimum Gasteiger partial charge on any atom is -0.358 e. The lowest BCUT2D eigenvalue weighted by atomic mass is 9.87. The van der Waals surface area contributed by atoms with Crippen molar-refractivity contribution in [1.82, 2.24) is 20.0 Å². The molecule has 5 nitrogen and oxygen atoms in total. The van der Waals surface area contributed by atoms with E-state index >= 15 is 0 Å². The monoisotopic (exact) mass is 324 g/mol. The number of likely N-dealkylation sites (tertiary alicyclic amines) is 1. The third kappa shape index (κ3) is 2.63. The number of benzene rings is 1. The molecule has 1 atom stereocenters. The number of aryl methyl sites for hydroxylation is 2. The molecule has 0 spiro atoms. The van der Waals surface area contributed by atoms with Crippen LogP contribution in [0, 0.1) is 13.8 Å². The van der Waals surface area contributed by atoms with Crippen molar-refractivity contribution >= 4 is 10.9 Å². The second kappa shape index (κ2) is 6.06. The first-order valence-electron chi connectivity index (χ1n) is 8.75. The molecule has 0 amide bonds. The number of H-pyrrole nitrogens is 1. The maximum atomic E-state index is 5.35. The SMILES string of the molecule is Cc1noc([C@H](C)N2CCC(c3c(C)[nH]c4ccccc34)CC2)n1. The summed E-state index contributed by atoms with van der Waals surface area (Å²) < 4.78 is 5.35. The maximum Gasteiger partial charge on any atom is 0.243 e. The third-order valence-corrected chi connectivity index (χ3v) is 5.33. The first-order valence-corrected chi connectivity index (χ1v) is 8.75. The molecule has 1 aromatic carbocycles. The number of aromatic amines is 1. The predicted octanol–water partition coefficient (Wildman–Crippen LogP) is 4.11. The average Bonchev–Trinajstić information content (AvgIpc) is 3.17. The maximum absolute atomic E-state index is 5.35. The molecule has 1 aliphatic rings. The largest absolute Gasteiger partial charge is 0.358 e. The number of hydrogen-bond donors (Lipinski definition) is 1. The summed E-state index contributed by atoms with van der Waals surface area (Å²) in [5.74, 6) is 2.06. The lowest BCUT2D eigenvalue weighted by Crippen LogP contribution is -2.35. The third-order valence-electron chi connectivity index (χ3n) is 5.33. The summed E-state index contributed by atoms with van der Waals surface area (Å²) in [6, 6.07) is 8.83. The second-order valence-corrected chi connectivity index (χ2v) is 6.88. The minimum absolute atomic E-state index is 0.191. The van der Waals surface area contributed by atoms with Crippen LogP contribution in [0.5, 0.6) is 0 Å². The van der Waals surface area contributed by atoms with Crippen LogP contribution >= 0.6 is 0 Å². The van der Waals surface area contributed by atoms with Gasteiger partial charge in [0.15, 0.2) is 5.82 Å². The van der Waals surface area contributed by atoms with Crippen molar-refractivity contribution in [2.24, 2.45) is 0 Å². The second-order valence-electron chi connectivity index (χ2n) is 6.88. The van der Waals surface area contributed by atoms with Crippen LogP contribution in [0.2, 0.25) is 0 Å². The molecular weight excluding hydrogens is 300 g/mol. The van der Waals surface area contributed by atoms with Gasteiger partial charge in [0.05, 0.1) is 6.04 Å². The van der Waals surface area contributed by atoms with E-state index in [1.54, 1.807) is 0 Å². The predicted molar refractivity (Wildman–Crippen MR) is 94.0 cm³/mol.